The van der Waals surface area contributed by atoms with Crippen LogP contribution in [0.4, 0.5) is 0 Å². The van der Waals surface area contributed by atoms with Crippen molar-refractivity contribution in [3.8, 4) is 0 Å². The van der Waals surface area contributed by atoms with Gasteiger partial charge in [-0.3, -0.25) is 0 Å². The molecule has 0 fully saturated rings. The van der Waals surface area contributed by atoms with Gasteiger partial charge in [-0.25, -0.2) is 9.78 Å². The number of hydrogen-bond acceptors (Lipinski definition) is 3. The van der Waals surface area contributed by atoms with E-state index in [-0.39, 0.29) is 5.97 Å². The molecule has 0 saturated carbocycles. The van der Waals surface area contributed by atoms with Crippen molar-refractivity contribution < 1.29 is 9.53 Å². The van der Waals surface area contributed by atoms with Gasteiger partial charge in [0.25, 0.3) is 0 Å². The molecule has 0 atom stereocenters. The standard InChI is InChI=1S/C14H20ClNO2/c1-3-4-5-6-7-8-18-14(17)12-9-11(2)16-13(15)10-12/h9-10H,3-8H2,1-2H3. The summed E-state index contributed by atoms with van der Waals surface area (Å²) in [4.78, 5) is 15.7. The van der Waals surface area contributed by atoms with Gasteiger partial charge in [-0.1, -0.05) is 44.2 Å². The fourth-order valence-electron chi connectivity index (χ4n) is 1.70. The zero-order chi connectivity index (χ0) is 13.4. The minimum Gasteiger partial charge on any atom is -0.462 e. The average molecular weight is 270 g/mol. The maximum Gasteiger partial charge on any atom is 0.338 e. The number of esters is 1. The maximum absolute atomic E-state index is 11.7. The molecule has 0 aliphatic heterocycles. The predicted octanol–water partition coefficient (Wildman–Crippen LogP) is 4.17. The number of nitrogens with zero attached hydrogens (tertiary/aromatic N) is 1. The van der Waals surface area contributed by atoms with Crippen molar-refractivity contribution in [2.75, 3.05) is 6.61 Å². The van der Waals surface area contributed by atoms with Crippen LogP contribution in [0, 0.1) is 6.92 Å². The Morgan fingerprint density at radius 1 is 1.28 bits per heavy atom. The SMILES string of the molecule is CCCCCCCOC(=O)c1cc(C)nc(Cl)c1. The summed E-state index contributed by atoms with van der Waals surface area (Å²) in [5, 5.41) is 0.324. The molecular weight excluding hydrogens is 250 g/mol. The Bertz CT molecular complexity index is 373. The summed E-state index contributed by atoms with van der Waals surface area (Å²) in [5.41, 5.74) is 1.19. The van der Waals surface area contributed by atoms with Crippen molar-refractivity contribution in [2.24, 2.45) is 0 Å². The number of pyridine rings is 1. The number of unbranched alkanes of at least 4 members (excludes halogenated alkanes) is 4. The van der Waals surface area contributed by atoms with Crippen LogP contribution in [0.5, 0.6) is 0 Å². The van der Waals surface area contributed by atoms with Gasteiger partial charge in [0.2, 0.25) is 0 Å². The molecule has 0 unspecified atom stereocenters. The topological polar surface area (TPSA) is 39.2 Å². The first kappa shape index (κ1) is 15.0. The van der Waals surface area contributed by atoms with E-state index in [0.717, 1.165) is 18.5 Å². The fourth-order valence-corrected chi connectivity index (χ4v) is 1.95. The molecule has 1 aromatic rings. The van der Waals surface area contributed by atoms with E-state index < -0.39 is 0 Å². The first-order valence-electron chi connectivity index (χ1n) is 6.44. The smallest absolute Gasteiger partial charge is 0.338 e. The Morgan fingerprint density at radius 3 is 2.67 bits per heavy atom. The van der Waals surface area contributed by atoms with E-state index >= 15 is 0 Å². The fraction of sp³-hybridized carbons (Fsp3) is 0.571. The molecule has 0 saturated heterocycles. The van der Waals surface area contributed by atoms with E-state index in [1.54, 1.807) is 13.0 Å². The highest BCUT2D eigenvalue weighted by Crippen LogP contribution is 2.12. The highest BCUT2D eigenvalue weighted by Gasteiger charge is 2.09. The van der Waals surface area contributed by atoms with Crippen LogP contribution in [-0.2, 0) is 4.74 Å². The minimum absolute atomic E-state index is 0.321. The molecule has 0 radical (unpaired) electrons. The zero-order valence-corrected chi connectivity index (χ0v) is 11.8. The Balaban J connectivity index is 2.32. The third-order valence-corrected chi connectivity index (χ3v) is 2.83. The molecular formula is C14H20ClNO2. The summed E-state index contributed by atoms with van der Waals surface area (Å²) in [5.74, 6) is -0.321. The summed E-state index contributed by atoms with van der Waals surface area (Å²) >= 11 is 5.79. The monoisotopic (exact) mass is 269 g/mol. The second-order valence-electron chi connectivity index (χ2n) is 4.37. The summed E-state index contributed by atoms with van der Waals surface area (Å²) in [6.45, 7) is 4.45. The number of hydrogen-bond donors (Lipinski definition) is 0. The van der Waals surface area contributed by atoms with Crippen molar-refractivity contribution in [2.45, 2.75) is 46.0 Å². The van der Waals surface area contributed by atoms with Crippen LogP contribution in [0.15, 0.2) is 12.1 Å². The minimum atomic E-state index is -0.321. The lowest BCUT2D eigenvalue weighted by Gasteiger charge is -2.05. The molecule has 100 valence electrons. The lowest BCUT2D eigenvalue weighted by Crippen LogP contribution is -2.07. The first-order chi connectivity index (χ1) is 8.63. The molecule has 0 amide bonds. The number of carbonyl (C=O) groups excluding carboxylic acids is 1. The van der Waals surface area contributed by atoms with Crippen LogP contribution >= 0.6 is 11.6 Å². The molecule has 1 aromatic heterocycles. The van der Waals surface area contributed by atoms with Crippen LogP contribution in [-0.4, -0.2) is 17.6 Å². The van der Waals surface area contributed by atoms with Gasteiger partial charge in [0.05, 0.1) is 12.2 Å². The summed E-state index contributed by atoms with van der Waals surface area (Å²) in [7, 11) is 0. The molecule has 4 heteroatoms. The van der Waals surface area contributed by atoms with E-state index in [0.29, 0.717) is 17.3 Å². The molecule has 1 heterocycles. The van der Waals surface area contributed by atoms with Crippen LogP contribution in [0.2, 0.25) is 5.15 Å². The van der Waals surface area contributed by atoms with Gasteiger partial charge in [-0.05, 0) is 25.5 Å². The van der Waals surface area contributed by atoms with E-state index in [1.807, 2.05) is 0 Å². The van der Waals surface area contributed by atoms with E-state index in [2.05, 4.69) is 11.9 Å². The summed E-state index contributed by atoms with van der Waals surface area (Å²) < 4.78 is 5.19. The normalized spacial score (nSPS) is 10.4. The first-order valence-corrected chi connectivity index (χ1v) is 6.82. The summed E-state index contributed by atoms with van der Waals surface area (Å²) in [6, 6.07) is 3.22. The van der Waals surface area contributed by atoms with E-state index in [9.17, 15) is 4.79 Å². The molecule has 3 nitrogen and oxygen atoms in total. The number of carbonyl (C=O) groups is 1. The van der Waals surface area contributed by atoms with Crippen molar-refractivity contribution in [1.29, 1.82) is 0 Å². The lowest BCUT2D eigenvalue weighted by molar-refractivity contribution is 0.0497. The molecule has 0 N–H and O–H groups in total. The highest BCUT2D eigenvalue weighted by molar-refractivity contribution is 6.29. The predicted molar refractivity (Wildman–Crippen MR) is 73.0 cm³/mol. The number of aryl methyl sites for hydroxylation is 1. The molecule has 1 rings (SSSR count). The van der Waals surface area contributed by atoms with Gasteiger partial charge >= 0.3 is 5.97 Å². The molecule has 0 aromatic carbocycles. The van der Waals surface area contributed by atoms with E-state index in [1.165, 1.54) is 25.3 Å². The average Bonchev–Trinajstić information content (AvgIpc) is 2.32. The van der Waals surface area contributed by atoms with Crippen LogP contribution in [0.25, 0.3) is 0 Å². The van der Waals surface area contributed by atoms with Crippen LogP contribution < -0.4 is 0 Å². The third kappa shape index (κ3) is 5.50. The molecule has 0 bridgehead atoms. The van der Waals surface area contributed by atoms with Gasteiger partial charge in [-0.2, -0.15) is 0 Å². The maximum atomic E-state index is 11.7. The Morgan fingerprint density at radius 2 is 2.00 bits per heavy atom. The number of halogens is 1. The number of aromatic nitrogens is 1. The molecule has 18 heavy (non-hydrogen) atoms. The third-order valence-electron chi connectivity index (χ3n) is 2.64. The molecule has 0 aliphatic carbocycles. The van der Waals surface area contributed by atoms with Crippen LogP contribution in [0.3, 0.4) is 0 Å². The van der Waals surface area contributed by atoms with Crippen LogP contribution in [0.1, 0.15) is 55.1 Å². The van der Waals surface area contributed by atoms with E-state index in [4.69, 9.17) is 16.3 Å². The Kier molecular flexibility index (Phi) is 6.73. The van der Waals surface area contributed by atoms with Crippen molar-refractivity contribution in [1.82, 2.24) is 4.98 Å². The second kappa shape index (κ2) is 8.09. The quantitative estimate of drug-likeness (QED) is 0.424. The lowest BCUT2D eigenvalue weighted by atomic mass is 10.2. The number of ether oxygens (including phenoxy) is 1. The van der Waals surface area contributed by atoms with Gasteiger partial charge in [-0.15, -0.1) is 0 Å². The summed E-state index contributed by atoms with van der Waals surface area (Å²) in [6.07, 6.45) is 5.69. The largest absolute Gasteiger partial charge is 0.462 e. The Labute approximate surface area is 114 Å². The van der Waals surface area contributed by atoms with Crippen molar-refractivity contribution in [3.63, 3.8) is 0 Å². The molecule has 0 spiro atoms. The second-order valence-corrected chi connectivity index (χ2v) is 4.76. The molecule has 0 aliphatic rings. The Hall–Kier alpha value is -1.09. The van der Waals surface area contributed by atoms with Crippen molar-refractivity contribution in [3.05, 3.63) is 28.5 Å². The van der Waals surface area contributed by atoms with Gasteiger partial charge in [0.15, 0.2) is 0 Å². The van der Waals surface area contributed by atoms with Crippen molar-refractivity contribution >= 4 is 17.6 Å². The van der Waals surface area contributed by atoms with Gasteiger partial charge in [0.1, 0.15) is 5.15 Å². The van der Waals surface area contributed by atoms with Gasteiger partial charge < -0.3 is 4.74 Å². The number of rotatable bonds is 7. The highest BCUT2D eigenvalue weighted by atomic mass is 35.5. The zero-order valence-electron chi connectivity index (χ0n) is 11.0. The van der Waals surface area contributed by atoms with Gasteiger partial charge in [0, 0.05) is 5.69 Å².